The molecule has 0 spiro atoms. The van der Waals surface area contributed by atoms with Crippen LogP contribution in [0.2, 0.25) is 0 Å². The van der Waals surface area contributed by atoms with Crippen LogP contribution in [0.5, 0.6) is 11.5 Å². The summed E-state index contributed by atoms with van der Waals surface area (Å²) in [6.07, 6.45) is 14.2. The smallest absolute Gasteiger partial charge is 0.119 e. The first kappa shape index (κ1) is 63.8. The SMILES string of the molecule is C=CC1CC(C)(CC(C)(C)OCCCCC(C)(C)C(C)(C)OCC(COc2ccccc2)C(C)(C)O)CCC1CCNCC(C)(C)OCCCCC(C)(C)C(C)(C)OCC(COc1ccccc1)C(C)(C)O. The number of para-hydroxylation sites is 2. The minimum absolute atomic E-state index is 0.0713. The Morgan fingerprint density at radius 3 is 1.46 bits per heavy atom. The molecule has 3 rings (SSSR count). The lowest BCUT2D eigenvalue weighted by atomic mass is 9.62. The number of unbranched alkanes of at least 4 members (excludes halogenated alkanes) is 2. The molecule has 0 radical (unpaired) electrons. The first-order chi connectivity index (χ1) is 33.2. The Hall–Kier alpha value is -2.50. The molecule has 0 aromatic heterocycles. The van der Waals surface area contributed by atoms with E-state index < -0.39 is 11.2 Å². The predicted octanol–water partition coefficient (Wildman–Crippen LogP) is 14.5. The lowest BCUT2D eigenvalue weighted by Gasteiger charge is -2.45. The summed E-state index contributed by atoms with van der Waals surface area (Å²) >= 11 is 0. The lowest BCUT2D eigenvalue weighted by Crippen LogP contribution is -2.46. The first-order valence-electron chi connectivity index (χ1n) is 27.9. The Morgan fingerprint density at radius 1 is 0.611 bits per heavy atom. The highest BCUT2D eigenvalue weighted by molar-refractivity contribution is 5.21. The first-order valence-corrected chi connectivity index (χ1v) is 27.9. The van der Waals surface area contributed by atoms with Crippen LogP contribution < -0.4 is 14.8 Å². The summed E-state index contributed by atoms with van der Waals surface area (Å²) in [7, 11) is 0. The van der Waals surface area contributed by atoms with Crippen LogP contribution in [-0.4, -0.2) is 96.6 Å². The van der Waals surface area contributed by atoms with E-state index in [0.717, 1.165) is 95.6 Å². The van der Waals surface area contributed by atoms with Gasteiger partial charge in [0.2, 0.25) is 0 Å². The molecule has 0 saturated heterocycles. The molecule has 0 amide bonds. The second-order valence-corrected chi connectivity index (χ2v) is 26.8. The van der Waals surface area contributed by atoms with Crippen molar-refractivity contribution in [3.8, 4) is 11.5 Å². The summed E-state index contributed by atoms with van der Waals surface area (Å²) in [5, 5.41) is 25.6. The maximum absolute atomic E-state index is 11.0. The molecule has 5 unspecified atom stereocenters. The Kier molecular flexibility index (Phi) is 24.4. The summed E-state index contributed by atoms with van der Waals surface area (Å²) in [6, 6.07) is 19.5. The maximum Gasteiger partial charge on any atom is 0.119 e. The van der Waals surface area contributed by atoms with Gasteiger partial charge in [-0.15, -0.1) is 6.58 Å². The standard InChI is InChI=1S/C63H109NO8/c1-19-49-42-63(18,47-57(6,7)69-40-28-26-36-55(2,3)61(14,15)71-45-51(59(10,11)65)43-67-53-30-22-20-23-31-53)38-34-50(49)35-39-64-48-58(8,9)70-41-29-27-37-56(4,5)62(16,17)72-46-52(60(12,13)66)44-68-54-32-24-21-25-33-54/h19-25,30-33,49-52,64-66H,1,26-29,34-48H2,2-18H3. The van der Waals surface area contributed by atoms with Crippen LogP contribution in [-0.2, 0) is 18.9 Å². The van der Waals surface area contributed by atoms with Gasteiger partial charge in [0.1, 0.15) is 11.5 Å². The molecule has 3 N–H and O–H groups in total. The number of ether oxygens (including phenoxy) is 6. The molecule has 414 valence electrons. The highest BCUT2D eigenvalue weighted by atomic mass is 16.5. The van der Waals surface area contributed by atoms with Crippen molar-refractivity contribution in [2.24, 2.45) is 39.9 Å². The van der Waals surface area contributed by atoms with Gasteiger partial charge in [-0.2, -0.15) is 0 Å². The summed E-state index contributed by atoms with van der Waals surface area (Å²) < 4.78 is 38.4. The molecular weight excluding hydrogens is 899 g/mol. The molecule has 5 atom stereocenters. The van der Waals surface area contributed by atoms with Gasteiger partial charge in [0.25, 0.3) is 0 Å². The lowest BCUT2D eigenvalue weighted by molar-refractivity contribution is -0.139. The molecule has 1 aliphatic rings. The maximum atomic E-state index is 11.0. The zero-order valence-electron chi connectivity index (χ0n) is 49.1. The second-order valence-electron chi connectivity index (χ2n) is 26.8. The average molecular weight is 1010 g/mol. The van der Waals surface area contributed by atoms with Gasteiger partial charge < -0.3 is 44.0 Å². The molecule has 1 saturated carbocycles. The summed E-state index contributed by atoms with van der Waals surface area (Å²) in [4.78, 5) is 0. The molecule has 0 aliphatic heterocycles. The van der Waals surface area contributed by atoms with E-state index in [-0.39, 0.29) is 50.5 Å². The molecule has 0 heterocycles. The van der Waals surface area contributed by atoms with Crippen molar-refractivity contribution in [2.75, 3.05) is 52.7 Å². The van der Waals surface area contributed by atoms with E-state index in [9.17, 15) is 10.2 Å². The monoisotopic (exact) mass is 1010 g/mol. The quantitative estimate of drug-likeness (QED) is 0.0454. The van der Waals surface area contributed by atoms with Crippen molar-refractivity contribution < 1.29 is 38.6 Å². The van der Waals surface area contributed by atoms with Crippen molar-refractivity contribution in [1.29, 1.82) is 0 Å². The van der Waals surface area contributed by atoms with E-state index in [2.05, 4.69) is 108 Å². The number of allylic oxidation sites excluding steroid dienone is 1. The van der Waals surface area contributed by atoms with E-state index in [1.54, 1.807) is 0 Å². The van der Waals surface area contributed by atoms with Gasteiger partial charge in [-0.1, -0.05) is 89.9 Å². The van der Waals surface area contributed by atoms with Crippen LogP contribution in [0.4, 0.5) is 0 Å². The van der Waals surface area contributed by atoms with E-state index in [0.29, 0.717) is 38.3 Å². The Balaban J connectivity index is 1.33. The van der Waals surface area contributed by atoms with Gasteiger partial charge in [0, 0.05) is 31.6 Å². The van der Waals surface area contributed by atoms with E-state index in [4.69, 9.17) is 28.4 Å². The molecule has 9 nitrogen and oxygen atoms in total. The molecular formula is C63H109NO8. The minimum Gasteiger partial charge on any atom is -0.493 e. The Bertz CT molecular complexity index is 1810. The topological polar surface area (TPSA) is 108 Å². The van der Waals surface area contributed by atoms with Crippen molar-refractivity contribution >= 4 is 0 Å². The number of hydrogen-bond acceptors (Lipinski definition) is 9. The number of hydrogen-bond donors (Lipinski definition) is 3. The number of rotatable bonds is 36. The number of nitrogens with one attached hydrogen (secondary N) is 1. The Labute approximate surface area is 441 Å². The fourth-order valence-electron chi connectivity index (χ4n) is 10.2. The minimum atomic E-state index is -0.933. The zero-order valence-corrected chi connectivity index (χ0v) is 49.1. The molecule has 2 aromatic carbocycles. The second kappa shape index (κ2) is 27.5. The van der Waals surface area contributed by atoms with Crippen molar-refractivity contribution in [3.05, 3.63) is 73.3 Å². The molecule has 1 aliphatic carbocycles. The van der Waals surface area contributed by atoms with Gasteiger partial charge in [0.05, 0.1) is 60.0 Å². The molecule has 72 heavy (non-hydrogen) atoms. The molecule has 2 aromatic rings. The fourth-order valence-corrected chi connectivity index (χ4v) is 10.2. The van der Waals surface area contributed by atoms with E-state index in [1.807, 2.05) is 88.4 Å². The summed E-state index contributed by atoms with van der Waals surface area (Å²) in [5.41, 5.74) is -3.01. The summed E-state index contributed by atoms with van der Waals surface area (Å²) in [6.45, 7) is 45.8. The van der Waals surface area contributed by atoms with Crippen molar-refractivity contribution in [1.82, 2.24) is 5.32 Å². The van der Waals surface area contributed by atoms with E-state index in [1.165, 1.54) is 12.8 Å². The average Bonchev–Trinajstić information content (AvgIpc) is 3.27. The predicted molar refractivity (Wildman–Crippen MR) is 300 cm³/mol. The third kappa shape index (κ3) is 22.0. The van der Waals surface area contributed by atoms with Gasteiger partial charge in [-0.3, -0.25) is 0 Å². The van der Waals surface area contributed by atoms with Crippen molar-refractivity contribution in [3.63, 3.8) is 0 Å². The van der Waals surface area contributed by atoms with Crippen LogP contribution >= 0.6 is 0 Å². The van der Waals surface area contributed by atoms with Gasteiger partial charge >= 0.3 is 0 Å². The molecule has 1 fully saturated rings. The van der Waals surface area contributed by atoms with Gasteiger partial charge in [-0.25, -0.2) is 0 Å². The van der Waals surface area contributed by atoms with Crippen LogP contribution in [0.1, 0.15) is 188 Å². The molecule has 9 heteroatoms. The zero-order chi connectivity index (χ0) is 54.1. The fraction of sp³-hybridized carbons (Fsp3) is 0.778. The number of aliphatic hydroxyl groups is 2. The largest absolute Gasteiger partial charge is 0.493 e. The Morgan fingerprint density at radius 2 is 1.04 bits per heavy atom. The number of benzene rings is 2. The van der Waals surface area contributed by atoms with E-state index >= 15 is 0 Å². The van der Waals surface area contributed by atoms with Crippen LogP contribution in [0.3, 0.4) is 0 Å². The highest BCUT2D eigenvalue weighted by Crippen LogP contribution is 2.49. The normalized spacial score (nSPS) is 19.8. The molecule has 0 bridgehead atoms. The van der Waals surface area contributed by atoms with Crippen LogP contribution in [0.15, 0.2) is 73.3 Å². The highest BCUT2D eigenvalue weighted by Gasteiger charge is 2.43. The van der Waals surface area contributed by atoms with Gasteiger partial charge in [0.15, 0.2) is 0 Å². The van der Waals surface area contributed by atoms with Crippen LogP contribution in [0.25, 0.3) is 0 Å². The summed E-state index contributed by atoms with van der Waals surface area (Å²) in [5.74, 6) is 2.40. The third-order valence-electron chi connectivity index (χ3n) is 17.2. The van der Waals surface area contributed by atoms with Crippen LogP contribution in [0, 0.1) is 39.9 Å². The van der Waals surface area contributed by atoms with Crippen molar-refractivity contribution in [2.45, 2.75) is 222 Å². The third-order valence-corrected chi connectivity index (χ3v) is 17.2. The van der Waals surface area contributed by atoms with Gasteiger partial charge in [-0.05, 0) is 200 Å².